The van der Waals surface area contributed by atoms with Crippen LogP contribution in [0.3, 0.4) is 0 Å². The van der Waals surface area contributed by atoms with Crippen LogP contribution in [0.25, 0.3) is 0 Å². The van der Waals surface area contributed by atoms with E-state index in [0.717, 1.165) is 6.07 Å². The molecule has 1 aromatic carbocycles. The molecule has 0 spiro atoms. The summed E-state index contributed by atoms with van der Waals surface area (Å²) in [5, 5.41) is 8.64. The van der Waals surface area contributed by atoms with Gasteiger partial charge in [0.25, 0.3) is 0 Å². The van der Waals surface area contributed by atoms with Crippen molar-refractivity contribution < 1.29 is 13.2 Å². The Morgan fingerprint density at radius 3 is 2.41 bits per heavy atom. The molecule has 0 amide bonds. The van der Waals surface area contributed by atoms with Gasteiger partial charge < -0.3 is 0 Å². The number of halogens is 3. The molecule has 89 valence electrons. The highest BCUT2D eigenvalue weighted by Gasteiger charge is 2.34. The van der Waals surface area contributed by atoms with Crippen LogP contribution in [0.15, 0.2) is 30.4 Å². The fourth-order valence-electron chi connectivity index (χ4n) is 1.40. The Hall–Kier alpha value is -1.76. The highest BCUT2D eigenvalue weighted by molar-refractivity contribution is 5.44. The maximum absolute atomic E-state index is 12.7. The largest absolute Gasteiger partial charge is 0.417 e. The van der Waals surface area contributed by atoms with E-state index in [4.69, 9.17) is 5.26 Å². The highest BCUT2D eigenvalue weighted by Crippen LogP contribution is 2.34. The van der Waals surface area contributed by atoms with Crippen LogP contribution in [0.1, 0.15) is 29.5 Å². The van der Waals surface area contributed by atoms with Gasteiger partial charge in [0.15, 0.2) is 0 Å². The molecule has 0 aliphatic heterocycles. The highest BCUT2D eigenvalue weighted by atomic mass is 19.4. The Bertz CT molecular complexity index is 480. The zero-order chi connectivity index (χ0) is 13.2. The van der Waals surface area contributed by atoms with Crippen LogP contribution >= 0.6 is 0 Å². The van der Waals surface area contributed by atoms with Gasteiger partial charge in [0, 0.05) is 5.92 Å². The molecule has 1 aromatic rings. The van der Waals surface area contributed by atoms with Gasteiger partial charge in [-0.3, -0.25) is 0 Å². The van der Waals surface area contributed by atoms with E-state index < -0.39 is 17.7 Å². The normalized spacial score (nSPS) is 12.9. The SMILES string of the molecule is [CH2]C(C(=C)C)c1ccc(C#N)c(C(F)(F)F)c1. The first-order valence-corrected chi connectivity index (χ1v) is 4.87. The zero-order valence-corrected chi connectivity index (χ0v) is 9.30. The molecule has 0 aliphatic rings. The molecule has 1 radical (unpaired) electrons. The Balaban J connectivity index is 3.34. The standard InChI is InChI=1S/C13H11F3N/c1-8(2)9(3)10-4-5-11(7-17)12(6-10)13(14,15)16/h4-6,9H,1,3H2,2H3. The fraction of sp³-hybridized carbons (Fsp3) is 0.231. The third kappa shape index (κ3) is 2.88. The second-order valence-electron chi connectivity index (χ2n) is 3.81. The van der Waals surface area contributed by atoms with Crippen molar-refractivity contribution in [3.63, 3.8) is 0 Å². The van der Waals surface area contributed by atoms with E-state index in [1.165, 1.54) is 18.2 Å². The van der Waals surface area contributed by atoms with E-state index in [-0.39, 0.29) is 5.56 Å². The number of rotatable bonds is 2. The first kappa shape index (κ1) is 13.3. The third-order valence-corrected chi connectivity index (χ3v) is 2.47. The van der Waals surface area contributed by atoms with Crippen molar-refractivity contribution in [3.8, 4) is 6.07 Å². The summed E-state index contributed by atoms with van der Waals surface area (Å²) in [7, 11) is 0. The van der Waals surface area contributed by atoms with E-state index in [0.29, 0.717) is 11.1 Å². The Kier molecular flexibility index (Phi) is 3.62. The van der Waals surface area contributed by atoms with E-state index in [1.807, 2.05) is 0 Å². The van der Waals surface area contributed by atoms with Crippen molar-refractivity contribution in [1.29, 1.82) is 5.26 Å². The van der Waals surface area contributed by atoms with Gasteiger partial charge in [-0.25, -0.2) is 0 Å². The minimum Gasteiger partial charge on any atom is -0.192 e. The summed E-state index contributed by atoms with van der Waals surface area (Å²) >= 11 is 0. The van der Waals surface area contributed by atoms with Crippen LogP contribution in [-0.2, 0) is 6.18 Å². The maximum Gasteiger partial charge on any atom is 0.417 e. The van der Waals surface area contributed by atoms with Crippen molar-refractivity contribution >= 4 is 0 Å². The average Bonchev–Trinajstić information content (AvgIpc) is 2.25. The molecule has 0 aliphatic carbocycles. The van der Waals surface area contributed by atoms with E-state index in [2.05, 4.69) is 13.5 Å². The summed E-state index contributed by atoms with van der Waals surface area (Å²) < 4.78 is 38.1. The molecule has 0 saturated heterocycles. The molecule has 1 rings (SSSR count). The number of hydrogen-bond donors (Lipinski definition) is 0. The van der Waals surface area contributed by atoms with Gasteiger partial charge in [-0.2, -0.15) is 18.4 Å². The lowest BCUT2D eigenvalue weighted by atomic mass is 9.92. The summed E-state index contributed by atoms with van der Waals surface area (Å²) in [6, 6.07) is 5.14. The van der Waals surface area contributed by atoms with Crippen molar-refractivity contribution in [2.75, 3.05) is 0 Å². The minimum atomic E-state index is -4.53. The van der Waals surface area contributed by atoms with Gasteiger partial charge in [0.1, 0.15) is 0 Å². The molecule has 1 nitrogen and oxygen atoms in total. The number of hydrogen-bond acceptors (Lipinski definition) is 1. The number of nitriles is 1. The molecule has 0 saturated carbocycles. The van der Waals surface area contributed by atoms with Gasteiger partial charge in [-0.1, -0.05) is 18.2 Å². The van der Waals surface area contributed by atoms with E-state index in [1.54, 1.807) is 6.92 Å². The van der Waals surface area contributed by atoms with Crippen molar-refractivity contribution in [3.05, 3.63) is 54.0 Å². The smallest absolute Gasteiger partial charge is 0.192 e. The van der Waals surface area contributed by atoms with Gasteiger partial charge in [-0.15, -0.1) is 0 Å². The number of benzene rings is 1. The Labute approximate surface area is 98.2 Å². The molecular formula is C13H11F3N. The number of nitrogens with zero attached hydrogens (tertiary/aromatic N) is 1. The molecule has 0 N–H and O–H groups in total. The molecule has 0 fully saturated rings. The Morgan fingerprint density at radius 2 is 2.00 bits per heavy atom. The Morgan fingerprint density at radius 1 is 1.41 bits per heavy atom. The zero-order valence-electron chi connectivity index (χ0n) is 9.30. The number of allylic oxidation sites excluding steroid dienone is 1. The van der Waals surface area contributed by atoms with Gasteiger partial charge in [0.05, 0.1) is 17.2 Å². The van der Waals surface area contributed by atoms with Crippen molar-refractivity contribution in [2.45, 2.75) is 19.0 Å². The number of alkyl halides is 3. The summed E-state index contributed by atoms with van der Waals surface area (Å²) in [5.74, 6) is -0.413. The third-order valence-electron chi connectivity index (χ3n) is 2.47. The summed E-state index contributed by atoms with van der Waals surface area (Å²) in [4.78, 5) is 0. The molecule has 1 atom stereocenters. The van der Waals surface area contributed by atoms with E-state index >= 15 is 0 Å². The predicted molar refractivity (Wildman–Crippen MR) is 59.1 cm³/mol. The fourth-order valence-corrected chi connectivity index (χ4v) is 1.40. The molecule has 4 heteroatoms. The first-order chi connectivity index (χ1) is 7.77. The van der Waals surface area contributed by atoms with Crippen LogP contribution < -0.4 is 0 Å². The predicted octanol–water partition coefficient (Wildman–Crippen LogP) is 4.07. The second kappa shape index (κ2) is 4.62. The second-order valence-corrected chi connectivity index (χ2v) is 3.81. The lowest BCUT2D eigenvalue weighted by Crippen LogP contribution is -2.09. The van der Waals surface area contributed by atoms with Crippen LogP contribution in [0.4, 0.5) is 13.2 Å². The monoisotopic (exact) mass is 238 g/mol. The van der Waals surface area contributed by atoms with Crippen LogP contribution in [-0.4, -0.2) is 0 Å². The summed E-state index contributed by atoms with van der Waals surface area (Å²) in [6.45, 7) is 9.09. The van der Waals surface area contributed by atoms with Gasteiger partial charge >= 0.3 is 6.18 Å². The molecule has 0 aromatic heterocycles. The lowest BCUT2D eigenvalue weighted by Gasteiger charge is -2.15. The first-order valence-electron chi connectivity index (χ1n) is 4.87. The summed E-state index contributed by atoms with van der Waals surface area (Å²) in [5.41, 5.74) is -0.228. The average molecular weight is 238 g/mol. The van der Waals surface area contributed by atoms with Crippen molar-refractivity contribution in [1.82, 2.24) is 0 Å². The van der Waals surface area contributed by atoms with Gasteiger partial charge in [0.2, 0.25) is 0 Å². The van der Waals surface area contributed by atoms with Crippen LogP contribution in [0.2, 0.25) is 0 Å². The molecule has 17 heavy (non-hydrogen) atoms. The quantitative estimate of drug-likeness (QED) is 0.712. The topological polar surface area (TPSA) is 23.8 Å². The lowest BCUT2D eigenvalue weighted by molar-refractivity contribution is -0.137. The molecule has 1 unspecified atom stereocenters. The molecule has 0 heterocycles. The van der Waals surface area contributed by atoms with Crippen LogP contribution in [0.5, 0.6) is 0 Å². The minimum absolute atomic E-state index is 0.379. The summed E-state index contributed by atoms with van der Waals surface area (Å²) in [6.07, 6.45) is -4.53. The molecular weight excluding hydrogens is 227 g/mol. The van der Waals surface area contributed by atoms with Crippen LogP contribution in [0, 0.1) is 18.3 Å². The molecule has 0 bridgehead atoms. The van der Waals surface area contributed by atoms with Gasteiger partial charge in [-0.05, 0) is 31.5 Å². The maximum atomic E-state index is 12.7. The van der Waals surface area contributed by atoms with E-state index in [9.17, 15) is 13.2 Å². The van der Waals surface area contributed by atoms with Crippen molar-refractivity contribution in [2.24, 2.45) is 0 Å².